The third-order valence-corrected chi connectivity index (χ3v) is 6.03. The zero-order chi connectivity index (χ0) is 11.1. The second-order valence-electron chi connectivity index (χ2n) is 4.57. The third-order valence-electron chi connectivity index (χ3n) is 3.55. The molecule has 1 rings (SSSR count). The molecule has 1 fully saturated rings. The minimum Gasteiger partial charge on any atom is -0.303 e. The number of thioether (sulfide) groups is 1. The van der Waals surface area contributed by atoms with Gasteiger partial charge in [0.1, 0.15) is 0 Å². The summed E-state index contributed by atoms with van der Waals surface area (Å²) in [7, 11) is 0. The molecular weight excluding hydrogens is 270 g/mol. The molecule has 0 amide bonds. The highest BCUT2D eigenvalue weighted by Crippen LogP contribution is 2.44. The van der Waals surface area contributed by atoms with Crippen molar-refractivity contribution in [1.82, 2.24) is 4.90 Å². The highest BCUT2D eigenvalue weighted by Gasteiger charge is 2.35. The van der Waals surface area contributed by atoms with Crippen molar-refractivity contribution in [2.75, 3.05) is 36.5 Å². The molecule has 15 heavy (non-hydrogen) atoms. The maximum Gasteiger partial charge on any atom is 0.00958 e. The first kappa shape index (κ1) is 13.9. The summed E-state index contributed by atoms with van der Waals surface area (Å²) in [5, 5.41) is 1.21. The summed E-state index contributed by atoms with van der Waals surface area (Å²) in [4.78, 5) is 2.51. The van der Waals surface area contributed by atoms with Gasteiger partial charge in [-0.05, 0) is 37.1 Å². The summed E-state index contributed by atoms with van der Waals surface area (Å²) in [6, 6.07) is 0. The smallest absolute Gasteiger partial charge is 0.00958 e. The molecule has 1 saturated carbocycles. The normalized spacial score (nSPS) is 19.2. The molecular formula is C12H24BrNS. The first-order valence-electron chi connectivity index (χ1n) is 6.12. The lowest BCUT2D eigenvalue weighted by molar-refractivity contribution is 0.206. The minimum absolute atomic E-state index is 0.661. The summed E-state index contributed by atoms with van der Waals surface area (Å²) in [5.41, 5.74) is 0.661. The SMILES string of the molecule is CCN(CC)CCSCC1(CBr)CCC1. The van der Waals surface area contributed by atoms with Crippen molar-refractivity contribution in [3.63, 3.8) is 0 Å². The molecule has 0 radical (unpaired) electrons. The van der Waals surface area contributed by atoms with Crippen molar-refractivity contribution in [1.29, 1.82) is 0 Å². The highest BCUT2D eigenvalue weighted by atomic mass is 79.9. The Bertz CT molecular complexity index is 161. The van der Waals surface area contributed by atoms with Crippen LogP contribution in [0.5, 0.6) is 0 Å². The predicted octanol–water partition coefficient (Wildman–Crippen LogP) is 3.63. The minimum atomic E-state index is 0.661. The first-order valence-corrected chi connectivity index (χ1v) is 8.40. The Balaban J connectivity index is 2.05. The van der Waals surface area contributed by atoms with Crippen LogP contribution in [0.25, 0.3) is 0 Å². The van der Waals surface area contributed by atoms with Crippen LogP contribution in [0, 0.1) is 5.41 Å². The van der Waals surface area contributed by atoms with E-state index in [1.54, 1.807) is 0 Å². The van der Waals surface area contributed by atoms with Gasteiger partial charge in [0.05, 0.1) is 0 Å². The van der Waals surface area contributed by atoms with E-state index in [-0.39, 0.29) is 0 Å². The number of rotatable bonds is 8. The Kier molecular flexibility index (Phi) is 6.63. The molecule has 0 spiro atoms. The lowest BCUT2D eigenvalue weighted by Gasteiger charge is -2.40. The van der Waals surface area contributed by atoms with Gasteiger partial charge in [0, 0.05) is 17.6 Å². The molecule has 1 nitrogen and oxygen atoms in total. The number of halogens is 1. The molecule has 1 aliphatic rings. The summed E-state index contributed by atoms with van der Waals surface area (Å²) >= 11 is 5.82. The van der Waals surface area contributed by atoms with Crippen LogP contribution in [0.3, 0.4) is 0 Å². The zero-order valence-corrected chi connectivity index (χ0v) is 12.5. The average Bonchev–Trinajstić information content (AvgIpc) is 2.22. The molecule has 90 valence electrons. The first-order chi connectivity index (χ1) is 7.26. The fourth-order valence-electron chi connectivity index (χ4n) is 2.02. The van der Waals surface area contributed by atoms with Crippen LogP contribution in [0.15, 0.2) is 0 Å². The fraction of sp³-hybridized carbons (Fsp3) is 1.00. The Labute approximate surface area is 107 Å². The Hall–Kier alpha value is 0.790. The van der Waals surface area contributed by atoms with Gasteiger partial charge in [0.15, 0.2) is 0 Å². The lowest BCUT2D eigenvalue weighted by atomic mass is 9.72. The van der Waals surface area contributed by atoms with Crippen molar-refractivity contribution in [2.45, 2.75) is 33.1 Å². The van der Waals surface area contributed by atoms with Gasteiger partial charge in [0.2, 0.25) is 0 Å². The van der Waals surface area contributed by atoms with Gasteiger partial charge >= 0.3 is 0 Å². The highest BCUT2D eigenvalue weighted by molar-refractivity contribution is 9.09. The van der Waals surface area contributed by atoms with Crippen LogP contribution in [-0.4, -0.2) is 41.4 Å². The van der Waals surface area contributed by atoms with E-state index in [4.69, 9.17) is 0 Å². The molecule has 0 aromatic carbocycles. The number of nitrogens with zero attached hydrogens (tertiary/aromatic N) is 1. The molecule has 0 saturated heterocycles. The van der Waals surface area contributed by atoms with E-state index in [0.29, 0.717) is 5.41 Å². The van der Waals surface area contributed by atoms with E-state index < -0.39 is 0 Å². The summed E-state index contributed by atoms with van der Waals surface area (Å²) < 4.78 is 0. The van der Waals surface area contributed by atoms with Crippen molar-refractivity contribution < 1.29 is 0 Å². The molecule has 0 unspecified atom stereocenters. The summed E-state index contributed by atoms with van der Waals surface area (Å²) in [6.07, 6.45) is 4.33. The van der Waals surface area contributed by atoms with E-state index in [1.165, 1.54) is 55.7 Å². The predicted molar refractivity (Wildman–Crippen MR) is 75.2 cm³/mol. The second kappa shape index (κ2) is 7.18. The van der Waals surface area contributed by atoms with Gasteiger partial charge in [-0.15, -0.1) is 0 Å². The van der Waals surface area contributed by atoms with Gasteiger partial charge in [0.25, 0.3) is 0 Å². The van der Waals surface area contributed by atoms with Crippen LogP contribution in [0.4, 0.5) is 0 Å². The van der Waals surface area contributed by atoms with Crippen LogP contribution in [-0.2, 0) is 0 Å². The maximum absolute atomic E-state index is 3.67. The topological polar surface area (TPSA) is 3.24 Å². The molecule has 1 aliphatic carbocycles. The van der Waals surface area contributed by atoms with Crippen molar-refractivity contribution in [3.8, 4) is 0 Å². The van der Waals surface area contributed by atoms with E-state index in [2.05, 4.69) is 46.4 Å². The van der Waals surface area contributed by atoms with E-state index in [0.717, 1.165) is 0 Å². The quantitative estimate of drug-likeness (QED) is 0.497. The van der Waals surface area contributed by atoms with Gasteiger partial charge in [-0.3, -0.25) is 0 Å². The van der Waals surface area contributed by atoms with E-state index in [9.17, 15) is 0 Å². The molecule has 0 heterocycles. The zero-order valence-electron chi connectivity index (χ0n) is 10.1. The Morgan fingerprint density at radius 3 is 2.33 bits per heavy atom. The van der Waals surface area contributed by atoms with Crippen molar-refractivity contribution in [3.05, 3.63) is 0 Å². The van der Waals surface area contributed by atoms with Crippen LogP contribution >= 0.6 is 27.7 Å². The molecule has 0 N–H and O–H groups in total. The lowest BCUT2D eigenvalue weighted by Crippen LogP contribution is -2.34. The number of hydrogen-bond acceptors (Lipinski definition) is 2. The molecule has 3 heteroatoms. The molecule has 0 aromatic heterocycles. The van der Waals surface area contributed by atoms with Crippen LogP contribution in [0.2, 0.25) is 0 Å². The number of hydrogen-bond donors (Lipinski definition) is 0. The Morgan fingerprint density at radius 2 is 1.93 bits per heavy atom. The Morgan fingerprint density at radius 1 is 1.27 bits per heavy atom. The largest absolute Gasteiger partial charge is 0.303 e. The van der Waals surface area contributed by atoms with E-state index in [1.807, 2.05) is 0 Å². The van der Waals surface area contributed by atoms with Gasteiger partial charge in [-0.2, -0.15) is 11.8 Å². The van der Waals surface area contributed by atoms with Gasteiger partial charge in [-0.25, -0.2) is 0 Å². The maximum atomic E-state index is 3.67. The third kappa shape index (κ3) is 4.27. The summed E-state index contributed by atoms with van der Waals surface area (Å²) in [6.45, 7) is 8.15. The monoisotopic (exact) mass is 293 g/mol. The van der Waals surface area contributed by atoms with Crippen molar-refractivity contribution in [2.24, 2.45) is 5.41 Å². The van der Waals surface area contributed by atoms with Crippen molar-refractivity contribution >= 4 is 27.7 Å². The fourth-order valence-corrected chi connectivity index (χ4v) is 4.39. The van der Waals surface area contributed by atoms with E-state index >= 15 is 0 Å². The number of alkyl halides is 1. The standard InChI is InChI=1S/C12H24BrNS/c1-3-14(4-2)8-9-15-11-12(10-13)6-5-7-12/h3-11H2,1-2H3. The van der Waals surface area contributed by atoms with Gasteiger partial charge in [-0.1, -0.05) is 36.2 Å². The van der Waals surface area contributed by atoms with Gasteiger partial charge < -0.3 is 4.90 Å². The summed E-state index contributed by atoms with van der Waals surface area (Å²) in [5.74, 6) is 2.66. The second-order valence-corrected chi connectivity index (χ2v) is 6.23. The van der Waals surface area contributed by atoms with Crippen LogP contribution in [0.1, 0.15) is 33.1 Å². The molecule has 0 aromatic rings. The molecule has 0 aliphatic heterocycles. The molecule has 0 atom stereocenters. The molecule has 0 bridgehead atoms. The average molecular weight is 294 g/mol. The van der Waals surface area contributed by atoms with Crippen LogP contribution < -0.4 is 0 Å².